The van der Waals surface area contributed by atoms with E-state index in [-0.39, 0.29) is 0 Å². The van der Waals surface area contributed by atoms with Crippen LogP contribution >= 0.6 is 0 Å². The van der Waals surface area contributed by atoms with E-state index in [2.05, 4.69) is 34.3 Å². The van der Waals surface area contributed by atoms with Gasteiger partial charge in [-0.15, -0.1) is 5.10 Å². The Balaban J connectivity index is 1.93. The molecule has 1 fully saturated rings. The summed E-state index contributed by atoms with van der Waals surface area (Å²) in [5, 5.41) is 10.9. The summed E-state index contributed by atoms with van der Waals surface area (Å²) in [6.07, 6.45) is 7.28. The van der Waals surface area contributed by atoms with E-state index in [9.17, 15) is 0 Å². The van der Waals surface area contributed by atoms with Gasteiger partial charge in [0.15, 0.2) is 0 Å². The zero-order valence-corrected chi connectivity index (χ0v) is 13.9. The molecule has 1 aliphatic rings. The van der Waals surface area contributed by atoms with Crippen LogP contribution in [0.25, 0.3) is 0 Å². The molecule has 2 heterocycles. The molecule has 0 amide bonds. The average molecular weight is 293 g/mol. The van der Waals surface area contributed by atoms with E-state index in [0.717, 1.165) is 37.3 Å². The fraction of sp³-hybridized carbons (Fsp3) is 0.875. The predicted molar refractivity (Wildman–Crippen MR) is 87.8 cm³/mol. The first-order valence-corrected chi connectivity index (χ1v) is 8.60. The fourth-order valence-corrected chi connectivity index (χ4v) is 3.33. The van der Waals surface area contributed by atoms with Crippen LogP contribution in [0.4, 0.5) is 5.95 Å². The highest BCUT2D eigenvalue weighted by Gasteiger charge is 2.22. The van der Waals surface area contributed by atoms with Crippen molar-refractivity contribution >= 4 is 5.95 Å². The number of anilines is 1. The smallest absolute Gasteiger partial charge is 0.244 e. The predicted octanol–water partition coefficient (Wildman–Crippen LogP) is 2.92. The Morgan fingerprint density at radius 2 is 1.90 bits per heavy atom. The number of nitrogens with zero attached hydrogens (tertiary/aromatic N) is 3. The lowest BCUT2D eigenvalue weighted by Gasteiger charge is -2.31. The molecule has 1 aromatic rings. The summed E-state index contributed by atoms with van der Waals surface area (Å²) in [4.78, 5) is 7.12. The van der Waals surface area contributed by atoms with E-state index in [1.807, 2.05) is 7.05 Å². The topological polar surface area (TPSA) is 56.8 Å². The highest BCUT2D eigenvalue weighted by molar-refractivity contribution is 5.29. The van der Waals surface area contributed by atoms with Crippen molar-refractivity contribution in [3.05, 3.63) is 5.82 Å². The lowest BCUT2D eigenvalue weighted by molar-refractivity contribution is 0.391. The van der Waals surface area contributed by atoms with Crippen LogP contribution in [0.2, 0.25) is 0 Å². The number of nitrogens with one attached hydrogen (secondary N) is 2. The molecule has 0 aromatic carbocycles. The number of H-pyrrole nitrogens is 1. The molecule has 0 bridgehead atoms. The van der Waals surface area contributed by atoms with Gasteiger partial charge in [-0.25, -0.2) is 0 Å². The Hall–Kier alpha value is -1.10. The van der Waals surface area contributed by atoms with Crippen LogP contribution in [-0.2, 0) is 0 Å². The Labute approximate surface area is 128 Å². The third-order valence-electron chi connectivity index (χ3n) is 4.54. The second kappa shape index (κ2) is 8.37. The molecule has 0 spiro atoms. The maximum Gasteiger partial charge on any atom is 0.244 e. The summed E-state index contributed by atoms with van der Waals surface area (Å²) < 4.78 is 0. The molecule has 0 unspecified atom stereocenters. The SMILES string of the molecule is CCCC(CCC)c1nc(N2CCC(CNC)CC2)n[nH]1. The van der Waals surface area contributed by atoms with Crippen molar-refractivity contribution in [2.75, 3.05) is 31.6 Å². The van der Waals surface area contributed by atoms with E-state index >= 15 is 0 Å². The lowest BCUT2D eigenvalue weighted by atomic mass is 9.97. The molecule has 0 atom stereocenters. The van der Waals surface area contributed by atoms with E-state index in [4.69, 9.17) is 4.98 Å². The zero-order valence-electron chi connectivity index (χ0n) is 13.9. The summed E-state index contributed by atoms with van der Waals surface area (Å²) in [6, 6.07) is 0. The molecule has 0 saturated carbocycles. The number of hydrogen-bond donors (Lipinski definition) is 2. The van der Waals surface area contributed by atoms with Gasteiger partial charge in [-0.2, -0.15) is 4.98 Å². The molecule has 5 heteroatoms. The molecule has 1 aliphatic heterocycles. The Morgan fingerprint density at radius 3 is 2.48 bits per heavy atom. The van der Waals surface area contributed by atoms with E-state index in [1.165, 1.54) is 38.5 Å². The van der Waals surface area contributed by atoms with Crippen molar-refractivity contribution < 1.29 is 0 Å². The molecule has 1 saturated heterocycles. The minimum atomic E-state index is 0.545. The van der Waals surface area contributed by atoms with Crippen LogP contribution in [0.5, 0.6) is 0 Å². The average Bonchev–Trinajstić information content (AvgIpc) is 2.98. The Kier molecular flexibility index (Phi) is 6.49. The van der Waals surface area contributed by atoms with Crippen LogP contribution in [0.1, 0.15) is 64.1 Å². The Morgan fingerprint density at radius 1 is 1.24 bits per heavy atom. The summed E-state index contributed by atoms with van der Waals surface area (Å²) in [6.45, 7) is 7.77. The molecule has 0 aliphatic carbocycles. The molecule has 21 heavy (non-hydrogen) atoms. The summed E-state index contributed by atoms with van der Waals surface area (Å²) in [5.74, 6) is 3.34. The first-order valence-electron chi connectivity index (χ1n) is 8.60. The summed E-state index contributed by atoms with van der Waals surface area (Å²) >= 11 is 0. The molecule has 2 N–H and O–H groups in total. The van der Waals surface area contributed by atoms with Gasteiger partial charge in [-0.3, -0.25) is 5.10 Å². The van der Waals surface area contributed by atoms with Gasteiger partial charge in [0, 0.05) is 19.0 Å². The number of aromatic nitrogens is 3. The number of rotatable bonds is 8. The molecule has 1 aromatic heterocycles. The third kappa shape index (κ3) is 4.43. The minimum Gasteiger partial charge on any atom is -0.340 e. The standard InChI is InChI=1S/C16H31N5/c1-4-6-14(7-5-2)15-18-16(20-19-15)21-10-8-13(9-11-21)12-17-3/h13-14,17H,4-12H2,1-3H3,(H,18,19,20). The van der Waals surface area contributed by atoms with Gasteiger partial charge >= 0.3 is 0 Å². The number of hydrogen-bond acceptors (Lipinski definition) is 4. The molecular weight excluding hydrogens is 262 g/mol. The fourth-order valence-electron chi connectivity index (χ4n) is 3.33. The van der Waals surface area contributed by atoms with Crippen molar-refractivity contribution in [1.29, 1.82) is 0 Å². The van der Waals surface area contributed by atoms with Gasteiger partial charge in [0.1, 0.15) is 5.82 Å². The molecule has 120 valence electrons. The largest absolute Gasteiger partial charge is 0.340 e. The lowest BCUT2D eigenvalue weighted by Crippen LogP contribution is -2.37. The maximum atomic E-state index is 4.79. The van der Waals surface area contributed by atoms with E-state index < -0.39 is 0 Å². The van der Waals surface area contributed by atoms with Crippen molar-refractivity contribution in [3.63, 3.8) is 0 Å². The monoisotopic (exact) mass is 293 g/mol. The molecule has 2 rings (SSSR count). The minimum absolute atomic E-state index is 0.545. The van der Waals surface area contributed by atoms with Crippen molar-refractivity contribution in [2.24, 2.45) is 5.92 Å². The number of aromatic amines is 1. The summed E-state index contributed by atoms with van der Waals surface area (Å²) in [7, 11) is 2.04. The normalized spacial score (nSPS) is 16.9. The van der Waals surface area contributed by atoms with Crippen LogP contribution in [0.3, 0.4) is 0 Å². The van der Waals surface area contributed by atoms with Crippen molar-refractivity contribution in [1.82, 2.24) is 20.5 Å². The Bertz CT molecular complexity index is 389. The highest BCUT2D eigenvalue weighted by Crippen LogP contribution is 2.26. The molecule has 5 nitrogen and oxygen atoms in total. The first-order chi connectivity index (χ1) is 10.3. The third-order valence-corrected chi connectivity index (χ3v) is 4.54. The molecular formula is C16H31N5. The van der Waals surface area contributed by atoms with Crippen LogP contribution in [0.15, 0.2) is 0 Å². The van der Waals surface area contributed by atoms with Gasteiger partial charge < -0.3 is 10.2 Å². The van der Waals surface area contributed by atoms with E-state index in [0.29, 0.717) is 5.92 Å². The molecule has 0 radical (unpaired) electrons. The highest BCUT2D eigenvalue weighted by atomic mass is 15.4. The van der Waals surface area contributed by atoms with Crippen molar-refractivity contribution in [2.45, 2.75) is 58.3 Å². The van der Waals surface area contributed by atoms with Gasteiger partial charge in [0.05, 0.1) is 0 Å². The maximum absolute atomic E-state index is 4.79. The second-order valence-corrected chi connectivity index (χ2v) is 6.28. The number of piperidine rings is 1. The van der Waals surface area contributed by atoms with Gasteiger partial charge in [0.25, 0.3) is 0 Å². The van der Waals surface area contributed by atoms with Gasteiger partial charge in [-0.05, 0) is 45.2 Å². The second-order valence-electron chi connectivity index (χ2n) is 6.28. The van der Waals surface area contributed by atoms with E-state index in [1.54, 1.807) is 0 Å². The zero-order chi connectivity index (χ0) is 15.1. The van der Waals surface area contributed by atoms with Gasteiger partial charge in [0.2, 0.25) is 5.95 Å². The van der Waals surface area contributed by atoms with Crippen LogP contribution in [-0.4, -0.2) is 41.9 Å². The van der Waals surface area contributed by atoms with Crippen LogP contribution < -0.4 is 10.2 Å². The quantitative estimate of drug-likeness (QED) is 0.774. The summed E-state index contributed by atoms with van der Waals surface area (Å²) in [5.41, 5.74) is 0. The van der Waals surface area contributed by atoms with Crippen molar-refractivity contribution in [3.8, 4) is 0 Å². The van der Waals surface area contributed by atoms with Crippen LogP contribution in [0, 0.1) is 5.92 Å². The van der Waals surface area contributed by atoms with Gasteiger partial charge in [-0.1, -0.05) is 26.7 Å². The first kappa shape index (κ1) is 16.3.